The van der Waals surface area contributed by atoms with Crippen LogP contribution in [0.2, 0.25) is 0 Å². The molecule has 4 nitrogen and oxygen atoms in total. The fraction of sp³-hybridized carbons (Fsp3) is 0.625. The summed E-state index contributed by atoms with van der Waals surface area (Å²) in [5.74, 6) is 0.641. The third-order valence-electron chi connectivity index (χ3n) is 4.29. The minimum atomic E-state index is -3.50. The van der Waals surface area contributed by atoms with E-state index in [4.69, 9.17) is 0 Å². The second kappa shape index (κ2) is 6.36. The predicted molar refractivity (Wildman–Crippen MR) is 83.7 cm³/mol. The monoisotopic (exact) mass is 311 g/mol. The van der Waals surface area contributed by atoms with Crippen molar-refractivity contribution in [1.29, 1.82) is 0 Å². The molecule has 0 heterocycles. The molecule has 1 aromatic rings. The van der Waals surface area contributed by atoms with E-state index in [0.717, 1.165) is 19.3 Å². The number of hydrogen-bond acceptors (Lipinski definition) is 3. The van der Waals surface area contributed by atoms with Crippen molar-refractivity contribution in [3.8, 4) is 5.75 Å². The fourth-order valence-corrected chi connectivity index (χ4v) is 4.56. The quantitative estimate of drug-likeness (QED) is 0.847. The molecule has 0 atom stereocenters. The molecule has 0 aliphatic heterocycles. The largest absolute Gasteiger partial charge is 0.508 e. The first-order chi connectivity index (χ1) is 9.83. The molecule has 1 aromatic carbocycles. The Balaban J connectivity index is 2.07. The Bertz CT molecular complexity index is 558. The average molecular weight is 311 g/mol. The Morgan fingerprint density at radius 3 is 2.29 bits per heavy atom. The van der Waals surface area contributed by atoms with Gasteiger partial charge in [-0.25, -0.2) is 13.1 Å². The molecule has 1 fully saturated rings. The summed E-state index contributed by atoms with van der Waals surface area (Å²) in [5.41, 5.74) is 0.109. The summed E-state index contributed by atoms with van der Waals surface area (Å²) in [6, 6.07) is 5.66. The van der Waals surface area contributed by atoms with Gasteiger partial charge in [-0.05, 0) is 54.9 Å². The van der Waals surface area contributed by atoms with Gasteiger partial charge in [0.05, 0.1) is 4.90 Å². The van der Waals surface area contributed by atoms with Crippen LogP contribution in [0.1, 0.15) is 46.0 Å². The Labute approximate surface area is 127 Å². The minimum Gasteiger partial charge on any atom is -0.508 e. The van der Waals surface area contributed by atoms with Crippen molar-refractivity contribution in [3.05, 3.63) is 24.3 Å². The molecule has 1 aliphatic rings. The van der Waals surface area contributed by atoms with Crippen LogP contribution in [0, 0.1) is 11.3 Å². The van der Waals surface area contributed by atoms with E-state index < -0.39 is 10.0 Å². The van der Waals surface area contributed by atoms with E-state index in [0.29, 0.717) is 12.5 Å². The summed E-state index contributed by atoms with van der Waals surface area (Å²) >= 11 is 0. The normalized spacial score (nSPS) is 18.2. The molecule has 0 unspecified atom stereocenters. The third kappa shape index (κ3) is 4.20. The van der Waals surface area contributed by atoms with Gasteiger partial charge in [-0.3, -0.25) is 0 Å². The zero-order valence-electron chi connectivity index (χ0n) is 12.8. The molecule has 0 bridgehead atoms. The topological polar surface area (TPSA) is 66.4 Å². The van der Waals surface area contributed by atoms with E-state index in [1.165, 1.54) is 37.1 Å². The zero-order chi connectivity index (χ0) is 15.5. The van der Waals surface area contributed by atoms with Crippen LogP contribution in [0.15, 0.2) is 29.2 Å². The van der Waals surface area contributed by atoms with Crippen LogP contribution in [0.3, 0.4) is 0 Å². The number of aromatic hydroxyl groups is 1. The Kier molecular flexibility index (Phi) is 4.94. The van der Waals surface area contributed by atoms with E-state index >= 15 is 0 Å². The highest BCUT2D eigenvalue weighted by molar-refractivity contribution is 7.89. The first-order valence-electron chi connectivity index (χ1n) is 7.62. The molecular formula is C16H25NO3S. The van der Waals surface area contributed by atoms with Gasteiger partial charge in [0.15, 0.2) is 0 Å². The maximum atomic E-state index is 12.3. The molecule has 21 heavy (non-hydrogen) atoms. The molecular weight excluding hydrogens is 286 g/mol. The molecule has 2 rings (SSSR count). The van der Waals surface area contributed by atoms with Gasteiger partial charge in [-0.15, -0.1) is 0 Å². The number of nitrogens with one attached hydrogen (secondary N) is 1. The van der Waals surface area contributed by atoms with Crippen LogP contribution in [0.25, 0.3) is 0 Å². The lowest BCUT2D eigenvalue weighted by atomic mass is 9.79. The van der Waals surface area contributed by atoms with Crippen LogP contribution in [-0.4, -0.2) is 20.1 Å². The number of sulfonamides is 1. The van der Waals surface area contributed by atoms with E-state index in [-0.39, 0.29) is 16.1 Å². The Morgan fingerprint density at radius 1 is 1.19 bits per heavy atom. The molecule has 0 spiro atoms. The van der Waals surface area contributed by atoms with Gasteiger partial charge in [0.1, 0.15) is 5.75 Å². The first-order valence-corrected chi connectivity index (χ1v) is 9.10. The van der Waals surface area contributed by atoms with Crippen molar-refractivity contribution in [3.63, 3.8) is 0 Å². The lowest BCUT2D eigenvalue weighted by Crippen LogP contribution is -2.36. The zero-order valence-corrected chi connectivity index (χ0v) is 13.6. The standard InChI is InChI=1S/C16H25NO3S/c1-13(2)11-16(9-3-4-10-16)12-17-21(19,20)15-7-5-14(18)6-8-15/h5-8,13,17-18H,3-4,9-12H2,1-2H3. The highest BCUT2D eigenvalue weighted by Gasteiger charge is 2.35. The predicted octanol–water partition coefficient (Wildman–Crippen LogP) is 3.28. The number of benzene rings is 1. The maximum absolute atomic E-state index is 12.3. The molecule has 118 valence electrons. The van der Waals surface area contributed by atoms with Gasteiger partial charge in [-0.1, -0.05) is 26.7 Å². The van der Waals surface area contributed by atoms with Crippen molar-refractivity contribution in [1.82, 2.24) is 4.72 Å². The molecule has 1 saturated carbocycles. The van der Waals surface area contributed by atoms with Gasteiger partial charge in [0.25, 0.3) is 0 Å². The summed E-state index contributed by atoms with van der Waals surface area (Å²) in [4.78, 5) is 0.206. The smallest absolute Gasteiger partial charge is 0.240 e. The van der Waals surface area contributed by atoms with Crippen molar-refractivity contribution < 1.29 is 13.5 Å². The minimum absolute atomic E-state index is 0.0704. The van der Waals surface area contributed by atoms with Gasteiger partial charge >= 0.3 is 0 Å². The van der Waals surface area contributed by atoms with Crippen molar-refractivity contribution >= 4 is 10.0 Å². The summed E-state index contributed by atoms with van der Waals surface area (Å²) in [7, 11) is -3.50. The summed E-state index contributed by atoms with van der Waals surface area (Å²) < 4.78 is 27.4. The van der Waals surface area contributed by atoms with Crippen LogP contribution < -0.4 is 4.72 Å². The van der Waals surface area contributed by atoms with Crippen LogP contribution in [-0.2, 0) is 10.0 Å². The fourth-order valence-electron chi connectivity index (χ4n) is 3.40. The van der Waals surface area contributed by atoms with Gasteiger partial charge in [0.2, 0.25) is 10.0 Å². The molecule has 0 radical (unpaired) electrons. The van der Waals surface area contributed by atoms with Gasteiger partial charge < -0.3 is 5.11 Å². The van der Waals surface area contributed by atoms with Crippen molar-refractivity contribution in [2.75, 3.05) is 6.54 Å². The van der Waals surface area contributed by atoms with E-state index in [1.807, 2.05) is 0 Å². The van der Waals surface area contributed by atoms with E-state index in [9.17, 15) is 13.5 Å². The number of rotatable bonds is 6. The molecule has 0 aromatic heterocycles. The third-order valence-corrected chi connectivity index (χ3v) is 5.71. The molecule has 5 heteroatoms. The van der Waals surface area contributed by atoms with E-state index in [2.05, 4.69) is 18.6 Å². The van der Waals surface area contributed by atoms with E-state index in [1.54, 1.807) is 0 Å². The van der Waals surface area contributed by atoms with Gasteiger partial charge in [-0.2, -0.15) is 0 Å². The number of phenolic OH excluding ortho intramolecular Hbond substituents is 1. The molecule has 1 aliphatic carbocycles. The Hall–Kier alpha value is -1.07. The second-order valence-corrected chi connectivity index (χ2v) is 8.39. The summed E-state index contributed by atoms with van der Waals surface area (Å²) in [6.45, 7) is 4.89. The Morgan fingerprint density at radius 2 is 1.76 bits per heavy atom. The highest BCUT2D eigenvalue weighted by Crippen LogP contribution is 2.42. The molecule has 0 saturated heterocycles. The number of phenols is 1. The summed E-state index contributed by atoms with van der Waals surface area (Å²) in [6.07, 6.45) is 5.64. The maximum Gasteiger partial charge on any atom is 0.240 e. The lowest BCUT2D eigenvalue weighted by molar-refractivity contribution is 0.236. The van der Waals surface area contributed by atoms with Crippen LogP contribution in [0.4, 0.5) is 0 Å². The number of hydrogen-bond donors (Lipinski definition) is 2. The van der Waals surface area contributed by atoms with Crippen LogP contribution in [0.5, 0.6) is 5.75 Å². The molecule has 2 N–H and O–H groups in total. The lowest BCUT2D eigenvalue weighted by Gasteiger charge is -2.31. The first kappa shape index (κ1) is 16.3. The molecule has 0 amide bonds. The van der Waals surface area contributed by atoms with Crippen molar-refractivity contribution in [2.24, 2.45) is 11.3 Å². The highest BCUT2D eigenvalue weighted by atomic mass is 32.2. The van der Waals surface area contributed by atoms with Crippen molar-refractivity contribution in [2.45, 2.75) is 50.8 Å². The second-order valence-electron chi connectivity index (χ2n) is 6.62. The average Bonchev–Trinajstić information content (AvgIpc) is 2.85. The summed E-state index contributed by atoms with van der Waals surface area (Å²) in [5, 5.41) is 9.25. The van der Waals surface area contributed by atoms with Gasteiger partial charge in [0, 0.05) is 6.54 Å². The SMILES string of the molecule is CC(C)CC1(CNS(=O)(=O)c2ccc(O)cc2)CCCC1. The van der Waals surface area contributed by atoms with Crippen LogP contribution >= 0.6 is 0 Å².